The van der Waals surface area contributed by atoms with Gasteiger partial charge in [0.2, 0.25) is 5.88 Å². The zero-order valence-electron chi connectivity index (χ0n) is 53.5. The van der Waals surface area contributed by atoms with Gasteiger partial charge < -0.3 is 62.9 Å². The quantitative estimate of drug-likeness (QED) is 0.0720. The molecule has 1 saturated carbocycles. The van der Waals surface area contributed by atoms with E-state index in [0.29, 0.717) is 81.0 Å². The molecular formula is C69H83N11O13S. The number of anilines is 5. The Kier molecular flexibility index (Phi) is 16.3. The Hall–Kier alpha value is -7.52. The van der Waals surface area contributed by atoms with Crippen molar-refractivity contribution in [2.24, 2.45) is 11.3 Å². The van der Waals surface area contributed by atoms with Crippen molar-refractivity contribution >= 4 is 61.2 Å². The molecular weight excluding hydrogens is 1220 g/mol. The van der Waals surface area contributed by atoms with Crippen LogP contribution in [0.2, 0.25) is 0 Å². The molecule has 1 aliphatic carbocycles. The number of rotatable bonds is 13. The lowest BCUT2D eigenvalue weighted by Crippen LogP contribution is -2.60. The van der Waals surface area contributed by atoms with E-state index in [1.54, 1.807) is 6.07 Å². The molecule has 6 fully saturated rings. The third-order valence-electron chi connectivity index (χ3n) is 21.8. The molecule has 6 atom stereocenters. The Labute approximate surface area is 547 Å². The van der Waals surface area contributed by atoms with E-state index in [0.717, 1.165) is 137 Å². The molecule has 1 spiro atoms. The number of hydrogen-bond acceptors (Lipinski definition) is 21. The normalized spacial score (nSPS) is 25.9. The van der Waals surface area contributed by atoms with Gasteiger partial charge in [-0.25, -0.2) is 18.1 Å². The highest BCUT2D eigenvalue weighted by Crippen LogP contribution is 2.55. The monoisotopic (exact) mass is 1310 g/mol. The topological polar surface area (TPSA) is 250 Å². The van der Waals surface area contributed by atoms with Crippen molar-refractivity contribution in [3.05, 3.63) is 111 Å². The van der Waals surface area contributed by atoms with Crippen LogP contribution in [0.3, 0.4) is 0 Å². The molecule has 94 heavy (non-hydrogen) atoms. The molecule has 0 radical (unpaired) electrons. The second-order valence-electron chi connectivity index (χ2n) is 27.7. The first-order valence-corrected chi connectivity index (χ1v) is 35.3. The number of pyridine rings is 2. The number of carbonyl (C=O) groups excluding carboxylic acids is 1. The van der Waals surface area contributed by atoms with Crippen LogP contribution < -0.4 is 43.7 Å². The number of H-pyrrole nitrogens is 1. The van der Waals surface area contributed by atoms with E-state index >= 15 is 4.79 Å². The molecule has 24 nitrogen and oxygen atoms in total. The summed E-state index contributed by atoms with van der Waals surface area (Å²) in [5.41, 5.74) is 5.99. The summed E-state index contributed by atoms with van der Waals surface area (Å²) in [6.07, 6.45) is 11.6. The minimum atomic E-state index is -4.74. The minimum Gasteiger partial charge on any atom is -0.491 e. The summed E-state index contributed by atoms with van der Waals surface area (Å²) in [4.78, 5) is 52.3. The zero-order chi connectivity index (χ0) is 64.0. The van der Waals surface area contributed by atoms with Crippen molar-refractivity contribution in [2.45, 2.75) is 145 Å². The Bertz CT molecular complexity index is 3980. The highest BCUT2D eigenvalue weighted by atomic mass is 32.2. The van der Waals surface area contributed by atoms with Gasteiger partial charge in [-0.3, -0.25) is 24.7 Å². The van der Waals surface area contributed by atoms with Crippen molar-refractivity contribution in [3.63, 3.8) is 0 Å². The third-order valence-corrected chi connectivity index (χ3v) is 23.1. The summed E-state index contributed by atoms with van der Waals surface area (Å²) in [7, 11) is -4.74. The number of piperidine rings is 1. The molecule has 0 bridgehead atoms. The van der Waals surface area contributed by atoms with Crippen molar-refractivity contribution in [1.29, 1.82) is 0 Å². The van der Waals surface area contributed by atoms with E-state index in [1.165, 1.54) is 17.2 Å². The number of aromatic amines is 1. The van der Waals surface area contributed by atoms with Crippen LogP contribution in [0, 0.1) is 21.4 Å². The standard InChI is InChI=1S/C69H83N11O13S/c1-41(2)92-60-7-5-4-6-49(60)58-35-76(59-39-89-37-52-51(59)34-71-66-64(52)91-36-42(3)78(66)45-13-25-87-26-14-45)21-22-77(58)47-32-69(33-47)16-19-75(20-17-69)46-8-9-50(55(29-46)79-54-15-27-88-40-62(54)93-68-57(79)28-44-10-18-70-65(44)73-68)67(81)74-94(84,85)48-30-56(80(82)83)63-61(31-48)90-38-53(72-63)43-11-23-86-24-12-43/h4-10,18,28-31,34,41-43,45,47,53-54,58-59,62,72H,11-17,19-27,32-33,35-40H2,1-3H3,(H,70,73)(H,74,81)/t42-,53-,54-,58-,59+,62-/m0/s1. The number of hydrogen-bond donors (Lipinski definition) is 3. The van der Waals surface area contributed by atoms with E-state index in [2.05, 4.69) is 90.8 Å². The fourth-order valence-electron chi connectivity index (χ4n) is 16.9. The number of nitro benzene ring substituents is 1. The SMILES string of the molecule is CC(C)Oc1ccccc1[C@@H]1CN([C@@H]2COCc3c2cnc2c3OC[C@H](C)N2C2CCOCC2)CCN1C1CC2(CCN(c3ccc(C(=O)NS(=O)(=O)c4cc5c(c([N+](=O)[O-])c4)N[C@H](C4CCOCC4)CO5)c(N4c5cc6cc[nH]c6nc5O[C@H]5COCC[C@@H]54)c3)CC2)C1. The fourth-order valence-corrected chi connectivity index (χ4v) is 17.9. The number of fused-ring (bicyclic) bond motifs is 7. The van der Waals surface area contributed by atoms with Gasteiger partial charge in [-0.05, 0) is 132 Å². The zero-order valence-corrected chi connectivity index (χ0v) is 54.4. The molecule has 5 saturated heterocycles. The van der Waals surface area contributed by atoms with Crippen LogP contribution in [0.1, 0.15) is 118 Å². The largest absolute Gasteiger partial charge is 0.491 e. The predicted octanol–water partition coefficient (Wildman–Crippen LogP) is 9.21. The maximum atomic E-state index is 15.1. The van der Waals surface area contributed by atoms with Crippen LogP contribution in [0.15, 0.2) is 84.0 Å². The van der Waals surface area contributed by atoms with Crippen LogP contribution >= 0.6 is 0 Å². The lowest BCUT2D eigenvalue weighted by Gasteiger charge is -2.59. The van der Waals surface area contributed by atoms with Gasteiger partial charge in [0.1, 0.15) is 36.4 Å². The van der Waals surface area contributed by atoms with Crippen LogP contribution in [-0.4, -0.2) is 179 Å². The summed E-state index contributed by atoms with van der Waals surface area (Å²) in [5.74, 6) is 2.34. The first-order valence-electron chi connectivity index (χ1n) is 33.8. The number of piperazine rings is 1. The van der Waals surface area contributed by atoms with E-state index in [-0.39, 0.29) is 77.9 Å². The second kappa shape index (κ2) is 24.9. The Morgan fingerprint density at radius 1 is 0.830 bits per heavy atom. The van der Waals surface area contributed by atoms with Crippen LogP contribution in [0.4, 0.5) is 34.3 Å². The maximum absolute atomic E-state index is 15.1. The molecule has 6 aromatic rings. The lowest BCUT2D eigenvalue weighted by molar-refractivity contribution is -0.384. The molecule has 16 rings (SSSR count). The number of carbonyl (C=O) groups is 1. The molecule has 12 heterocycles. The molecule has 3 N–H and O–H groups in total. The maximum Gasteiger partial charge on any atom is 0.297 e. The van der Waals surface area contributed by atoms with Gasteiger partial charge in [0.15, 0.2) is 23.0 Å². The van der Waals surface area contributed by atoms with E-state index in [1.807, 2.05) is 30.5 Å². The van der Waals surface area contributed by atoms with Gasteiger partial charge in [0.05, 0.1) is 77.2 Å². The lowest BCUT2D eigenvalue weighted by atomic mass is 9.59. The van der Waals surface area contributed by atoms with Crippen LogP contribution in [-0.2, 0) is 35.6 Å². The summed E-state index contributed by atoms with van der Waals surface area (Å²) in [5, 5.41) is 16.8. The number of para-hydroxylation sites is 1. The van der Waals surface area contributed by atoms with Gasteiger partial charge in [0, 0.05) is 125 Å². The second-order valence-corrected chi connectivity index (χ2v) is 29.4. The third kappa shape index (κ3) is 11.3. The summed E-state index contributed by atoms with van der Waals surface area (Å²) in [6.45, 7) is 15.8. The predicted molar refractivity (Wildman–Crippen MR) is 351 cm³/mol. The highest BCUT2D eigenvalue weighted by molar-refractivity contribution is 7.90. The first-order chi connectivity index (χ1) is 45.7. The molecule has 0 unspecified atom stereocenters. The van der Waals surface area contributed by atoms with Gasteiger partial charge in [0.25, 0.3) is 21.6 Å². The van der Waals surface area contributed by atoms with E-state index < -0.39 is 37.5 Å². The number of aromatic nitrogens is 3. The number of sulfonamides is 1. The molecule has 498 valence electrons. The smallest absolute Gasteiger partial charge is 0.297 e. The molecule has 10 aliphatic rings. The average molecular weight is 1310 g/mol. The van der Waals surface area contributed by atoms with Crippen molar-refractivity contribution in [3.8, 4) is 23.1 Å². The van der Waals surface area contributed by atoms with Crippen molar-refractivity contribution in [2.75, 3.05) is 112 Å². The number of nitro groups is 1. The Morgan fingerprint density at radius 2 is 1.63 bits per heavy atom. The summed E-state index contributed by atoms with van der Waals surface area (Å²) >= 11 is 0. The molecule has 3 aromatic carbocycles. The number of ether oxygens (including phenoxy) is 8. The van der Waals surface area contributed by atoms with Gasteiger partial charge in [-0.15, -0.1) is 0 Å². The first kappa shape index (κ1) is 61.4. The van der Waals surface area contributed by atoms with Gasteiger partial charge in [-0.2, -0.15) is 4.98 Å². The number of amides is 1. The van der Waals surface area contributed by atoms with Crippen LogP contribution in [0.5, 0.6) is 23.1 Å². The van der Waals surface area contributed by atoms with E-state index in [4.69, 9.17) is 47.9 Å². The highest BCUT2D eigenvalue weighted by Gasteiger charge is 2.52. The number of nitrogens with zero attached hydrogens (tertiary/aromatic N) is 8. The van der Waals surface area contributed by atoms with Gasteiger partial charge >= 0.3 is 0 Å². The molecule has 1 amide bonds. The average Bonchev–Trinajstić information content (AvgIpc) is 0.796. The van der Waals surface area contributed by atoms with E-state index in [9.17, 15) is 18.5 Å². The Balaban J connectivity index is 0.663. The van der Waals surface area contributed by atoms with Crippen molar-refractivity contribution < 1.29 is 56.0 Å². The summed E-state index contributed by atoms with van der Waals surface area (Å²) in [6, 6.07) is 20.8. The molecule has 3 aromatic heterocycles. The minimum absolute atomic E-state index is 0.00549. The molecule has 25 heteroatoms. The van der Waals surface area contributed by atoms with Crippen molar-refractivity contribution in [1.82, 2.24) is 29.5 Å². The number of benzene rings is 3. The summed E-state index contributed by atoms with van der Waals surface area (Å²) < 4.78 is 81.2. The van der Waals surface area contributed by atoms with Crippen LogP contribution in [0.25, 0.3) is 11.0 Å². The molecule has 9 aliphatic heterocycles. The number of nitrogens with one attached hydrogen (secondary N) is 3. The fraction of sp³-hybridized carbons (Fsp3) is 0.551. The van der Waals surface area contributed by atoms with Gasteiger partial charge in [-0.1, -0.05) is 18.2 Å². The Morgan fingerprint density at radius 3 is 2.44 bits per heavy atom.